The van der Waals surface area contributed by atoms with E-state index in [1.807, 2.05) is 21.1 Å². The number of hydrogen-bond donors (Lipinski definition) is 0. The summed E-state index contributed by atoms with van der Waals surface area (Å²) in [5, 5.41) is 0. The van der Waals surface area contributed by atoms with Crippen molar-refractivity contribution >= 4 is 19.8 Å². The SMILES string of the molecule is CCCCCC/C=C/C=C/CCCCCCCC(=O)OC[C@H](COP(=O)([O-])OCC[N+](C)(C)C)OC(=O)CCCCCCCCC/C=C/CCCCCCCC. The minimum atomic E-state index is -4.63. The number of rotatable bonds is 41. The molecule has 0 saturated heterocycles. The maximum absolute atomic E-state index is 12.7. The second-order valence-electron chi connectivity index (χ2n) is 16.4. The molecule has 0 bridgehead atoms. The summed E-state index contributed by atoms with van der Waals surface area (Å²) in [5.74, 6) is -0.855. The fraction of sp³-hybridized carbons (Fsp3) is 0.826. The smallest absolute Gasteiger partial charge is 0.306 e. The van der Waals surface area contributed by atoms with Gasteiger partial charge < -0.3 is 27.9 Å². The first kappa shape index (κ1) is 54.2. The number of esters is 2. The minimum absolute atomic E-state index is 0.0344. The number of quaternary nitrogens is 1. The Bertz CT molecular complexity index is 1050. The molecule has 9 nitrogen and oxygen atoms in total. The maximum atomic E-state index is 12.7. The molecule has 0 amide bonds. The van der Waals surface area contributed by atoms with Gasteiger partial charge in [-0.25, -0.2) is 0 Å². The molecule has 2 atom stereocenters. The van der Waals surface area contributed by atoms with Crippen molar-refractivity contribution < 1.29 is 42.1 Å². The number of unbranched alkanes of at least 4 members (excludes halogenated alkanes) is 22. The number of ether oxygens (including phenoxy) is 2. The third-order valence-electron chi connectivity index (χ3n) is 9.66. The quantitative estimate of drug-likeness (QED) is 0.0150. The molecule has 0 aromatic rings. The van der Waals surface area contributed by atoms with Gasteiger partial charge in [0.1, 0.15) is 19.8 Å². The van der Waals surface area contributed by atoms with Crippen LogP contribution >= 0.6 is 7.82 Å². The van der Waals surface area contributed by atoms with Crippen LogP contribution < -0.4 is 4.89 Å². The van der Waals surface area contributed by atoms with Gasteiger partial charge in [-0.2, -0.15) is 0 Å². The normalized spacial score (nSPS) is 13.9. The van der Waals surface area contributed by atoms with Crippen LogP contribution in [0.15, 0.2) is 36.5 Å². The molecule has 0 aliphatic heterocycles. The van der Waals surface area contributed by atoms with Gasteiger partial charge in [0, 0.05) is 12.8 Å². The van der Waals surface area contributed by atoms with Crippen molar-refractivity contribution in [3.8, 4) is 0 Å². The molecule has 0 fully saturated rings. The van der Waals surface area contributed by atoms with E-state index in [-0.39, 0.29) is 26.1 Å². The van der Waals surface area contributed by atoms with Crippen molar-refractivity contribution in [2.24, 2.45) is 0 Å². The highest BCUT2D eigenvalue weighted by Gasteiger charge is 2.21. The standard InChI is InChI=1S/C46H86NO8P/c1-6-8-10-12-14-16-18-20-22-23-25-27-29-31-33-35-37-39-46(49)55-44(43-54-56(50,51)53-41-40-47(3,4)5)42-52-45(48)38-36-34-32-30-28-26-24-21-19-17-15-13-11-9-7-2/h17,19-22,24,44H,6-16,18,23,25-43H2,1-5H3/b19-17+,22-20+,24-21+/t44-/m1/s1. The van der Waals surface area contributed by atoms with E-state index in [9.17, 15) is 19.0 Å². The molecule has 10 heteroatoms. The summed E-state index contributed by atoms with van der Waals surface area (Å²) in [6, 6.07) is 0. The predicted molar refractivity (Wildman–Crippen MR) is 231 cm³/mol. The van der Waals surface area contributed by atoms with E-state index in [0.717, 1.165) is 64.2 Å². The molecule has 0 aliphatic rings. The van der Waals surface area contributed by atoms with Crippen LogP contribution in [-0.2, 0) is 32.7 Å². The Hall–Kier alpha value is -1.77. The minimum Gasteiger partial charge on any atom is -0.756 e. The fourth-order valence-electron chi connectivity index (χ4n) is 6.05. The first-order valence-electron chi connectivity index (χ1n) is 22.7. The molecule has 0 radical (unpaired) electrons. The van der Waals surface area contributed by atoms with Gasteiger partial charge in [0.25, 0.3) is 7.82 Å². The molecular weight excluding hydrogens is 725 g/mol. The topological polar surface area (TPSA) is 111 Å². The number of likely N-dealkylation sites (N-methyl/N-ethyl adjacent to an activating group) is 1. The fourth-order valence-corrected chi connectivity index (χ4v) is 6.78. The van der Waals surface area contributed by atoms with Crippen molar-refractivity contribution in [1.29, 1.82) is 0 Å². The van der Waals surface area contributed by atoms with Gasteiger partial charge in [0.05, 0.1) is 27.7 Å². The second-order valence-corrected chi connectivity index (χ2v) is 17.8. The summed E-state index contributed by atoms with van der Waals surface area (Å²) < 4.78 is 33.9. The van der Waals surface area contributed by atoms with E-state index in [1.165, 1.54) is 89.9 Å². The average molecular weight is 812 g/mol. The third kappa shape index (κ3) is 41.9. The Labute approximate surface area is 344 Å². The lowest BCUT2D eigenvalue weighted by atomic mass is 10.1. The first-order valence-corrected chi connectivity index (χ1v) is 24.2. The Morgan fingerprint density at radius 1 is 0.554 bits per heavy atom. The predicted octanol–water partition coefficient (Wildman–Crippen LogP) is 12.3. The highest BCUT2D eigenvalue weighted by atomic mass is 31.2. The van der Waals surface area contributed by atoms with Gasteiger partial charge in [0.15, 0.2) is 6.10 Å². The molecule has 0 N–H and O–H groups in total. The highest BCUT2D eigenvalue weighted by molar-refractivity contribution is 7.45. The van der Waals surface area contributed by atoms with Gasteiger partial charge >= 0.3 is 11.9 Å². The van der Waals surface area contributed by atoms with E-state index in [4.69, 9.17) is 18.5 Å². The van der Waals surface area contributed by atoms with Crippen LogP contribution in [0.4, 0.5) is 0 Å². The Morgan fingerprint density at radius 2 is 0.964 bits per heavy atom. The molecule has 0 saturated carbocycles. The van der Waals surface area contributed by atoms with E-state index >= 15 is 0 Å². The summed E-state index contributed by atoms with van der Waals surface area (Å²) in [4.78, 5) is 37.5. The van der Waals surface area contributed by atoms with E-state index in [2.05, 4.69) is 50.3 Å². The number of hydrogen-bond acceptors (Lipinski definition) is 8. The summed E-state index contributed by atoms with van der Waals surface area (Å²) in [7, 11) is 1.15. The number of carbonyl (C=O) groups excluding carboxylic acids is 2. The van der Waals surface area contributed by atoms with Crippen LogP contribution in [0, 0.1) is 0 Å². The van der Waals surface area contributed by atoms with Crippen LogP contribution in [-0.4, -0.2) is 70.0 Å². The first-order chi connectivity index (χ1) is 27.0. The van der Waals surface area contributed by atoms with Crippen LogP contribution in [0.2, 0.25) is 0 Å². The molecule has 56 heavy (non-hydrogen) atoms. The van der Waals surface area contributed by atoms with Crippen LogP contribution in [0.25, 0.3) is 0 Å². The van der Waals surface area contributed by atoms with Gasteiger partial charge in [-0.1, -0.05) is 153 Å². The van der Waals surface area contributed by atoms with Crippen LogP contribution in [0.3, 0.4) is 0 Å². The average Bonchev–Trinajstić information content (AvgIpc) is 3.15. The summed E-state index contributed by atoms with van der Waals surface area (Å²) in [6.07, 6.45) is 43.0. The van der Waals surface area contributed by atoms with Crippen LogP contribution in [0.5, 0.6) is 0 Å². The molecule has 0 aromatic heterocycles. The largest absolute Gasteiger partial charge is 0.756 e. The van der Waals surface area contributed by atoms with Gasteiger partial charge in [-0.15, -0.1) is 0 Å². The van der Waals surface area contributed by atoms with E-state index < -0.39 is 32.5 Å². The number of carbonyl (C=O) groups is 2. The van der Waals surface area contributed by atoms with Crippen molar-refractivity contribution in [3.63, 3.8) is 0 Å². The maximum Gasteiger partial charge on any atom is 0.306 e. The number of phosphoric acid groups is 1. The molecular formula is C46H86NO8P. The van der Waals surface area contributed by atoms with Crippen molar-refractivity contribution in [3.05, 3.63) is 36.5 Å². The zero-order chi connectivity index (χ0) is 41.4. The number of nitrogens with zero attached hydrogens (tertiary/aromatic N) is 1. The molecule has 0 spiro atoms. The lowest BCUT2D eigenvalue weighted by Crippen LogP contribution is -2.37. The van der Waals surface area contributed by atoms with Crippen molar-refractivity contribution in [2.75, 3.05) is 47.5 Å². The van der Waals surface area contributed by atoms with Gasteiger partial charge in [-0.05, 0) is 64.2 Å². The Kier molecular flexibility index (Phi) is 37.5. The summed E-state index contributed by atoms with van der Waals surface area (Å²) in [6.45, 7) is 4.18. The van der Waals surface area contributed by atoms with Crippen molar-refractivity contribution in [1.82, 2.24) is 0 Å². The van der Waals surface area contributed by atoms with Crippen LogP contribution in [0.1, 0.15) is 194 Å². The van der Waals surface area contributed by atoms with Gasteiger partial charge in [-0.3, -0.25) is 14.2 Å². The lowest BCUT2D eigenvalue weighted by Gasteiger charge is -2.28. The Balaban J connectivity index is 4.37. The highest BCUT2D eigenvalue weighted by Crippen LogP contribution is 2.38. The molecule has 1 unspecified atom stereocenters. The van der Waals surface area contributed by atoms with E-state index in [1.54, 1.807) is 0 Å². The zero-order valence-electron chi connectivity index (χ0n) is 36.8. The number of allylic oxidation sites excluding steroid dienone is 6. The Morgan fingerprint density at radius 3 is 1.45 bits per heavy atom. The summed E-state index contributed by atoms with van der Waals surface area (Å²) in [5.41, 5.74) is 0. The van der Waals surface area contributed by atoms with Gasteiger partial charge in [0.2, 0.25) is 0 Å². The molecule has 0 rings (SSSR count). The monoisotopic (exact) mass is 812 g/mol. The molecule has 328 valence electrons. The number of phosphoric ester groups is 1. The van der Waals surface area contributed by atoms with Crippen molar-refractivity contribution in [2.45, 2.75) is 200 Å². The molecule has 0 heterocycles. The zero-order valence-corrected chi connectivity index (χ0v) is 37.7. The third-order valence-corrected chi connectivity index (χ3v) is 10.6. The molecule has 0 aliphatic carbocycles. The molecule has 0 aromatic carbocycles. The van der Waals surface area contributed by atoms with E-state index in [0.29, 0.717) is 23.9 Å². The second kappa shape index (κ2) is 38.7. The summed E-state index contributed by atoms with van der Waals surface area (Å²) >= 11 is 0. The lowest BCUT2D eigenvalue weighted by molar-refractivity contribution is -0.870.